The van der Waals surface area contributed by atoms with Crippen LogP contribution < -0.4 is 5.43 Å². The van der Waals surface area contributed by atoms with Gasteiger partial charge in [-0.2, -0.15) is 5.10 Å². The first kappa shape index (κ1) is 19.5. The van der Waals surface area contributed by atoms with Crippen LogP contribution in [-0.2, 0) is 11.2 Å². The van der Waals surface area contributed by atoms with E-state index in [-0.39, 0.29) is 18.1 Å². The Balaban J connectivity index is 1.72. The number of benzene rings is 2. The molecule has 2 aromatic carbocycles. The Morgan fingerprint density at radius 2 is 1.86 bits per heavy atom. The van der Waals surface area contributed by atoms with Gasteiger partial charge in [0, 0.05) is 17.0 Å². The highest BCUT2D eigenvalue weighted by molar-refractivity contribution is 5.85. The number of rotatable bonds is 5. The molecule has 0 radical (unpaired) electrons. The highest BCUT2D eigenvalue weighted by atomic mass is 19.1. The van der Waals surface area contributed by atoms with Crippen molar-refractivity contribution in [2.45, 2.75) is 34.1 Å². The fourth-order valence-electron chi connectivity index (χ4n) is 3.35. The Hall–Kier alpha value is -3.21. The van der Waals surface area contributed by atoms with Crippen molar-refractivity contribution in [3.8, 4) is 5.69 Å². The lowest BCUT2D eigenvalue weighted by atomic mass is 10.0. The monoisotopic (exact) mass is 377 g/mol. The van der Waals surface area contributed by atoms with Gasteiger partial charge in [-0.3, -0.25) is 4.79 Å². The normalized spacial score (nSPS) is 11.2. The minimum Gasteiger partial charge on any atom is -0.315 e. The third-order valence-corrected chi connectivity index (χ3v) is 4.81. The van der Waals surface area contributed by atoms with Gasteiger partial charge in [-0.1, -0.05) is 35.9 Å². The van der Waals surface area contributed by atoms with Crippen LogP contribution in [0.3, 0.4) is 0 Å². The summed E-state index contributed by atoms with van der Waals surface area (Å²) in [7, 11) is 0. The molecular formula is C23H24FN3O. The summed E-state index contributed by atoms with van der Waals surface area (Å²) in [5, 5.41) is 4.08. The number of aryl methyl sites for hydroxylation is 3. The van der Waals surface area contributed by atoms with Gasteiger partial charge in [-0.15, -0.1) is 0 Å². The van der Waals surface area contributed by atoms with Crippen LogP contribution in [0, 0.1) is 33.5 Å². The molecular weight excluding hydrogens is 353 g/mol. The van der Waals surface area contributed by atoms with Gasteiger partial charge in [-0.25, -0.2) is 9.82 Å². The second kappa shape index (κ2) is 8.21. The van der Waals surface area contributed by atoms with Crippen LogP contribution in [0.5, 0.6) is 0 Å². The van der Waals surface area contributed by atoms with Crippen molar-refractivity contribution in [2.24, 2.45) is 5.10 Å². The largest absolute Gasteiger partial charge is 0.315 e. The maximum atomic E-state index is 14.2. The number of para-hydroxylation sites is 1. The van der Waals surface area contributed by atoms with Gasteiger partial charge in [0.1, 0.15) is 5.82 Å². The average Bonchev–Trinajstić information content (AvgIpc) is 2.92. The molecule has 1 N–H and O–H groups in total. The highest BCUT2D eigenvalue weighted by Gasteiger charge is 2.12. The first-order valence-electron chi connectivity index (χ1n) is 9.18. The van der Waals surface area contributed by atoms with E-state index in [4.69, 9.17) is 0 Å². The number of carbonyl (C=O) groups is 1. The predicted molar refractivity (Wildman–Crippen MR) is 111 cm³/mol. The maximum absolute atomic E-state index is 14.2. The van der Waals surface area contributed by atoms with Crippen LogP contribution in [0.1, 0.15) is 33.6 Å². The van der Waals surface area contributed by atoms with Crippen molar-refractivity contribution in [3.63, 3.8) is 0 Å². The number of amides is 1. The number of nitrogens with one attached hydrogen (secondary N) is 1. The SMILES string of the molecule is Cc1ccc(CC(=O)N/N=C/c2cc(C)n(-c3ccccc3F)c2C)c(C)c1. The van der Waals surface area contributed by atoms with Crippen LogP contribution in [0.2, 0.25) is 0 Å². The zero-order valence-electron chi connectivity index (χ0n) is 16.6. The number of nitrogens with zero attached hydrogens (tertiary/aromatic N) is 2. The number of halogens is 1. The second-order valence-electron chi connectivity index (χ2n) is 7.01. The lowest BCUT2D eigenvalue weighted by Gasteiger charge is -2.10. The van der Waals surface area contributed by atoms with E-state index in [1.54, 1.807) is 24.4 Å². The van der Waals surface area contributed by atoms with E-state index < -0.39 is 0 Å². The van der Waals surface area contributed by atoms with E-state index in [0.717, 1.165) is 28.1 Å². The fourth-order valence-corrected chi connectivity index (χ4v) is 3.35. The number of hydrazone groups is 1. The molecule has 0 aliphatic carbocycles. The molecule has 4 nitrogen and oxygen atoms in total. The summed E-state index contributed by atoms with van der Waals surface area (Å²) < 4.78 is 16.0. The highest BCUT2D eigenvalue weighted by Crippen LogP contribution is 2.21. The Labute approximate surface area is 164 Å². The number of carbonyl (C=O) groups excluding carboxylic acids is 1. The van der Waals surface area contributed by atoms with E-state index >= 15 is 0 Å². The summed E-state index contributed by atoms with van der Waals surface area (Å²) in [4.78, 5) is 12.2. The number of hydrogen-bond donors (Lipinski definition) is 1. The molecule has 0 atom stereocenters. The third-order valence-electron chi connectivity index (χ3n) is 4.81. The third kappa shape index (κ3) is 4.19. The summed E-state index contributed by atoms with van der Waals surface area (Å²) in [5.74, 6) is -0.458. The summed E-state index contributed by atoms with van der Waals surface area (Å²) in [6.07, 6.45) is 1.87. The Kier molecular flexibility index (Phi) is 5.73. The number of aromatic nitrogens is 1. The quantitative estimate of drug-likeness (QED) is 0.515. The molecule has 28 heavy (non-hydrogen) atoms. The van der Waals surface area contributed by atoms with Crippen LogP contribution in [-0.4, -0.2) is 16.7 Å². The maximum Gasteiger partial charge on any atom is 0.244 e. The summed E-state index contributed by atoms with van der Waals surface area (Å²) in [5.41, 5.74) is 8.89. The van der Waals surface area contributed by atoms with E-state index in [9.17, 15) is 9.18 Å². The molecule has 0 saturated carbocycles. The van der Waals surface area contributed by atoms with Gasteiger partial charge in [0.05, 0.1) is 18.3 Å². The van der Waals surface area contributed by atoms with Gasteiger partial charge >= 0.3 is 0 Å². The molecule has 1 aromatic heterocycles. The Bertz CT molecular complexity index is 1050. The van der Waals surface area contributed by atoms with Crippen molar-refractivity contribution in [1.29, 1.82) is 0 Å². The molecule has 5 heteroatoms. The van der Waals surface area contributed by atoms with E-state index in [0.29, 0.717) is 5.69 Å². The summed E-state index contributed by atoms with van der Waals surface area (Å²) in [6.45, 7) is 7.84. The van der Waals surface area contributed by atoms with Gasteiger partial charge in [0.25, 0.3) is 0 Å². The zero-order valence-corrected chi connectivity index (χ0v) is 16.6. The van der Waals surface area contributed by atoms with Gasteiger partial charge in [0.15, 0.2) is 0 Å². The standard InChI is InChI=1S/C23H24FN3O/c1-15-9-10-19(16(2)11-15)13-23(28)26-25-14-20-12-17(3)27(18(20)4)22-8-6-5-7-21(22)24/h5-12,14H,13H2,1-4H3,(H,26,28)/b25-14+. The van der Waals surface area contributed by atoms with Crippen LogP contribution >= 0.6 is 0 Å². The minimum absolute atomic E-state index is 0.175. The fraction of sp³-hybridized carbons (Fsp3) is 0.217. The molecule has 0 fully saturated rings. The predicted octanol–water partition coefficient (Wildman–Crippen LogP) is 4.54. The van der Waals surface area contributed by atoms with Gasteiger partial charge < -0.3 is 4.57 Å². The molecule has 1 amide bonds. The first-order chi connectivity index (χ1) is 13.4. The molecule has 3 rings (SSSR count). The summed E-state index contributed by atoms with van der Waals surface area (Å²) in [6, 6.07) is 14.6. The lowest BCUT2D eigenvalue weighted by molar-refractivity contribution is -0.120. The lowest BCUT2D eigenvalue weighted by Crippen LogP contribution is -2.20. The molecule has 3 aromatic rings. The molecule has 1 heterocycles. The van der Waals surface area contributed by atoms with E-state index in [1.165, 1.54) is 11.6 Å². The van der Waals surface area contributed by atoms with Crippen LogP contribution in [0.25, 0.3) is 5.69 Å². The van der Waals surface area contributed by atoms with E-state index in [2.05, 4.69) is 16.6 Å². The van der Waals surface area contributed by atoms with Gasteiger partial charge in [0.2, 0.25) is 5.91 Å². The Morgan fingerprint density at radius 3 is 2.57 bits per heavy atom. The summed E-state index contributed by atoms with van der Waals surface area (Å²) >= 11 is 0. The van der Waals surface area contributed by atoms with E-state index in [1.807, 2.05) is 50.5 Å². The van der Waals surface area contributed by atoms with Crippen molar-refractivity contribution in [1.82, 2.24) is 9.99 Å². The molecule has 0 unspecified atom stereocenters. The Morgan fingerprint density at radius 1 is 1.11 bits per heavy atom. The molecule has 0 bridgehead atoms. The van der Waals surface area contributed by atoms with Crippen molar-refractivity contribution < 1.29 is 9.18 Å². The molecule has 0 spiro atoms. The number of hydrogen-bond acceptors (Lipinski definition) is 2. The van der Waals surface area contributed by atoms with Crippen LogP contribution in [0.15, 0.2) is 53.6 Å². The topological polar surface area (TPSA) is 46.4 Å². The van der Waals surface area contributed by atoms with Crippen molar-refractivity contribution in [3.05, 3.63) is 88.0 Å². The molecule has 0 aliphatic heterocycles. The van der Waals surface area contributed by atoms with Crippen molar-refractivity contribution >= 4 is 12.1 Å². The van der Waals surface area contributed by atoms with Crippen molar-refractivity contribution in [2.75, 3.05) is 0 Å². The van der Waals surface area contributed by atoms with Crippen LogP contribution in [0.4, 0.5) is 4.39 Å². The molecule has 144 valence electrons. The first-order valence-corrected chi connectivity index (χ1v) is 9.18. The minimum atomic E-state index is -0.283. The van der Waals surface area contributed by atoms with Gasteiger partial charge in [-0.05, 0) is 57.0 Å². The smallest absolute Gasteiger partial charge is 0.244 e. The average molecular weight is 377 g/mol. The zero-order chi connectivity index (χ0) is 20.3. The second-order valence-corrected chi connectivity index (χ2v) is 7.01. The molecule has 0 aliphatic rings. The molecule has 0 saturated heterocycles.